The lowest BCUT2D eigenvalue weighted by molar-refractivity contribution is -0.123. The van der Waals surface area contributed by atoms with E-state index in [1.54, 1.807) is 12.1 Å². The number of hydrogen-bond donors (Lipinski definition) is 3. The van der Waals surface area contributed by atoms with Gasteiger partial charge >= 0.3 is 0 Å². The first kappa shape index (κ1) is 21.9. The van der Waals surface area contributed by atoms with E-state index >= 15 is 0 Å². The first-order valence-corrected chi connectivity index (χ1v) is 9.44. The minimum absolute atomic E-state index is 0. The summed E-state index contributed by atoms with van der Waals surface area (Å²) in [5.74, 6) is 0.152. The first-order valence-electron chi connectivity index (χ1n) is 9.44. The first-order chi connectivity index (χ1) is 13.0. The Hall–Kier alpha value is -2.37. The van der Waals surface area contributed by atoms with Crippen LogP contribution in [0.25, 0.3) is 0 Å². The Morgan fingerprint density at radius 3 is 2.18 bits per heavy atom. The lowest BCUT2D eigenvalue weighted by Gasteiger charge is -2.30. The van der Waals surface area contributed by atoms with E-state index in [4.69, 9.17) is 5.73 Å². The summed E-state index contributed by atoms with van der Waals surface area (Å²) < 4.78 is 0. The maximum Gasteiger partial charge on any atom is 0.251 e. The van der Waals surface area contributed by atoms with Gasteiger partial charge in [-0.3, -0.25) is 9.59 Å². The van der Waals surface area contributed by atoms with Crippen molar-refractivity contribution in [2.45, 2.75) is 37.8 Å². The molecule has 0 saturated heterocycles. The zero-order valence-electron chi connectivity index (χ0n) is 16.1. The Balaban J connectivity index is 0.00000280. The number of nitrogens with two attached hydrogens (primary N) is 1. The van der Waals surface area contributed by atoms with E-state index in [1.807, 2.05) is 55.5 Å². The molecule has 2 amide bonds. The van der Waals surface area contributed by atoms with Gasteiger partial charge in [0.15, 0.2) is 0 Å². The minimum Gasteiger partial charge on any atom is -0.349 e. The van der Waals surface area contributed by atoms with Gasteiger partial charge < -0.3 is 16.4 Å². The molecule has 5 nitrogen and oxygen atoms in total. The number of rotatable bonds is 8. The number of benzene rings is 2. The summed E-state index contributed by atoms with van der Waals surface area (Å²) in [6.07, 6.45) is 2.37. The third-order valence-electron chi connectivity index (χ3n) is 5.26. The summed E-state index contributed by atoms with van der Waals surface area (Å²) in [6.45, 7) is 2.42. The fourth-order valence-electron chi connectivity index (χ4n) is 3.36. The second-order valence-electron chi connectivity index (χ2n) is 7.45. The SMILES string of the molecule is CC(CN)(NC(=O)CC(NC(=O)c1ccccc1)c1ccccc1)C1CC1.Cl. The molecular weight excluding hydrogens is 374 g/mol. The van der Waals surface area contributed by atoms with Crippen molar-refractivity contribution < 1.29 is 9.59 Å². The van der Waals surface area contributed by atoms with Crippen LogP contribution in [0, 0.1) is 5.92 Å². The third-order valence-corrected chi connectivity index (χ3v) is 5.26. The predicted molar refractivity (Wildman–Crippen MR) is 113 cm³/mol. The van der Waals surface area contributed by atoms with E-state index < -0.39 is 6.04 Å². The Morgan fingerprint density at radius 1 is 1.07 bits per heavy atom. The molecular formula is C22H28ClN3O2. The van der Waals surface area contributed by atoms with Crippen LogP contribution in [-0.4, -0.2) is 23.9 Å². The standard InChI is InChI=1S/C22H27N3O2.ClH/c1-22(15-23,18-12-13-18)25-20(26)14-19(16-8-4-2-5-9-16)24-21(27)17-10-6-3-7-11-17;/h2-11,18-19H,12-15,23H2,1H3,(H,24,27)(H,25,26);1H. The second-order valence-corrected chi connectivity index (χ2v) is 7.45. The van der Waals surface area contributed by atoms with Gasteiger partial charge in [0.2, 0.25) is 5.91 Å². The molecule has 2 aromatic carbocycles. The summed E-state index contributed by atoms with van der Waals surface area (Å²) >= 11 is 0. The molecule has 3 rings (SSSR count). The molecule has 0 aliphatic heterocycles. The van der Waals surface area contributed by atoms with Gasteiger partial charge in [0, 0.05) is 12.1 Å². The molecule has 0 heterocycles. The average molecular weight is 402 g/mol. The molecule has 2 atom stereocenters. The molecule has 1 fully saturated rings. The molecule has 1 saturated carbocycles. The molecule has 150 valence electrons. The number of amides is 2. The lowest BCUT2D eigenvalue weighted by Crippen LogP contribution is -2.53. The fraction of sp³-hybridized carbons (Fsp3) is 0.364. The molecule has 1 aliphatic rings. The summed E-state index contributed by atoms with van der Waals surface area (Å²) in [5, 5.41) is 6.10. The number of hydrogen-bond acceptors (Lipinski definition) is 3. The van der Waals surface area contributed by atoms with Crippen LogP contribution in [0.2, 0.25) is 0 Å². The predicted octanol–water partition coefficient (Wildman–Crippen LogP) is 3.21. The van der Waals surface area contributed by atoms with E-state index in [2.05, 4.69) is 10.6 Å². The topological polar surface area (TPSA) is 84.2 Å². The van der Waals surface area contributed by atoms with Gasteiger partial charge in [-0.1, -0.05) is 48.5 Å². The van der Waals surface area contributed by atoms with Gasteiger partial charge in [-0.15, -0.1) is 12.4 Å². The van der Waals surface area contributed by atoms with E-state index in [0.717, 1.165) is 18.4 Å². The molecule has 6 heteroatoms. The Kier molecular flexibility index (Phi) is 7.61. The second kappa shape index (κ2) is 9.71. The van der Waals surface area contributed by atoms with Crippen LogP contribution in [0.15, 0.2) is 60.7 Å². The van der Waals surface area contributed by atoms with E-state index in [9.17, 15) is 9.59 Å². The van der Waals surface area contributed by atoms with E-state index in [0.29, 0.717) is 18.0 Å². The Bertz CT molecular complexity index is 781. The summed E-state index contributed by atoms with van der Waals surface area (Å²) in [5.41, 5.74) is 7.01. The monoisotopic (exact) mass is 401 g/mol. The van der Waals surface area contributed by atoms with Gasteiger partial charge in [0.1, 0.15) is 0 Å². The molecule has 0 radical (unpaired) electrons. The van der Waals surface area contributed by atoms with Crippen LogP contribution in [0.5, 0.6) is 0 Å². The number of carbonyl (C=O) groups excluding carboxylic acids is 2. The molecule has 0 spiro atoms. The molecule has 2 aromatic rings. The zero-order valence-corrected chi connectivity index (χ0v) is 16.9. The molecule has 0 aromatic heterocycles. The van der Waals surface area contributed by atoms with E-state index in [1.165, 1.54) is 0 Å². The van der Waals surface area contributed by atoms with Crippen molar-refractivity contribution >= 4 is 24.2 Å². The van der Waals surface area contributed by atoms with Crippen LogP contribution in [0.3, 0.4) is 0 Å². The highest BCUT2D eigenvalue weighted by atomic mass is 35.5. The van der Waals surface area contributed by atoms with Crippen LogP contribution in [-0.2, 0) is 4.79 Å². The average Bonchev–Trinajstić information content (AvgIpc) is 3.54. The van der Waals surface area contributed by atoms with Crippen molar-refractivity contribution in [3.63, 3.8) is 0 Å². The van der Waals surface area contributed by atoms with Crippen molar-refractivity contribution in [2.24, 2.45) is 11.7 Å². The van der Waals surface area contributed by atoms with Crippen LogP contribution >= 0.6 is 12.4 Å². The Labute approximate surface area is 172 Å². The van der Waals surface area contributed by atoms with Crippen LogP contribution < -0.4 is 16.4 Å². The van der Waals surface area contributed by atoms with Gasteiger partial charge in [-0.05, 0) is 43.4 Å². The fourth-order valence-corrected chi connectivity index (χ4v) is 3.36. The molecule has 1 aliphatic carbocycles. The Morgan fingerprint density at radius 2 is 1.64 bits per heavy atom. The highest BCUT2D eigenvalue weighted by Crippen LogP contribution is 2.39. The number of halogens is 1. The van der Waals surface area contributed by atoms with Crippen molar-refractivity contribution in [3.8, 4) is 0 Å². The lowest BCUT2D eigenvalue weighted by atomic mass is 9.95. The van der Waals surface area contributed by atoms with E-state index in [-0.39, 0.29) is 36.2 Å². The maximum atomic E-state index is 12.7. The van der Waals surface area contributed by atoms with Crippen molar-refractivity contribution in [3.05, 3.63) is 71.8 Å². The van der Waals surface area contributed by atoms with Crippen molar-refractivity contribution in [1.29, 1.82) is 0 Å². The quantitative estimate of drug-likeness (QED) is 0.635. The van der Waals surface area contributed by atoms with Crippen molar-refractivity contribution in [1.82, 2.24) is 10.6 Å². The summed E-state index contributed by atoms with van der Waals surface area (Å²) in [4.78, 5) is 25.3. The summed E-state index contributed by atoms with van der Waals surface area (Å²) in [6, 6.07) is 18.2. The smallest absolute Gasteiger partial charge is 0.251 e. The van der Waals surface area contributed by atoms with Crippen LogP contribution in [0.4, 0.5) is 0 Å². The highest BCUT2D eigenvalue weighted by molar-refractivity contribution is 5.94. The number of carbonyl (C=O) groups is 2. The molecule has 0 bridgehead atoms. The largest absolute Gasteiger partial charge is 0.349 e. The van der Waals surface area contributed by atoms with Gasteiger partial charge in [0.05, 0.1) is 18.0 Å². The minimum atomic E-state index is -0.403. The maximum absolute atomic E-state index is 12.7. The number of nitrogens with one attached hydrogen (secondary N) is 2. The molecule has 28 heavy (non-hydrogen) atoms. The molecule has 4 N–H and O–H groups in total. The van der Waals surface area contributed by atoms with Gasteiger partial charge in [-0.25, -0.2) is 0 Å². The zero-order chi connectivity index (χ0) is 19.3. The normalized spacial score (nSPS) is 16.2. The van der Waals surface area contributed by atoms with Gasteiger partial charge in [-0.2, -0.15) is 0 Å². The highest BCUT2D eigenvalue weighted by Gasteiger charge is 2.41. The van der Waals surface area contributed by atoms with Crippen LogP contribution in [0.1, 0.15) is 48.1 Å². The summed E-state index contributed by atoms with van der Waals surface area (Å²) in [7, 11) is 0. The molecule has 2 unspecified atom stereocenters. The van der Waals surface area contributed by atoms with Crippen molar-refractivity contribution in [2.75, 3.05) is 6.54 Å². The third kappa shape index (κ3) is 5.57. The van der Waals surface area contributed by atoms with Gasteiger partial charge in [0.25, 0.3) is 5.91 Å².